The van der Waals surface area contributed by atoms with Crippen LogP contribution in [-0.2, 0) is 22.9 Å². The standard InChI is InChI=1S/C24H22ClF2NO2S/c1-16-2-12-22(13-3-16)31(29,30)28-21(10-6-17-4-8-19(25)14-23(17)27)11-7-18-5-9-20(26)15-24(18)28/h2-5,8-9,12-15,21H,6-7,10-11H2,1H3/t21-/m0/s1. The molecule has 3 aromatic carbocycles. The summed E-state index contributed by atoms with van der Waals surface area (Å²) in [4.78, 5) is 0.151. The van der Waals surface area contributed by atoms with E-state index >= 15 is 0 Å². The summed E-state index contributed by atoms with van der Waals surface area (Å²) in [5.41, 5.74) is 2.56. The van der Waals surface area contributed by atoms with Crippen LogP contribution in [0, 0.1) is 18.6 Å². The van der Waals surface area contributed by atoms with Crippen LogP contribution >= 0.6 is 11.6 Å². The lowest BCUT2D eigenvalue weighted by molar-refractivity contribution is 0.515. The molecule has 31 heavy (non-hydrogen) atoms. The molecule has 0 fully saturated rings. The van der Waals surface area contributed by atoms with E-state index in [9.17, 15) is 17.2 Å². The van der Waals surface area contributed by atoms with E-state index in [1.165, 1.54) is 22.5 Å². The second-order valence-corrected chi connectivity index (χ2v) is 10.1. The minimum Gasteiger partial charge on any atom is -0.263 e. The van der Waals surface area contributed by atoms with Crippen LogP contribution in [-0.4, -0.2) is 14.5 Å². The summed E-state index contributed by atoms with van der Waals surface area (Å²) in [6.45, 7) is 1.88. The number of benzene rings is 3. The third kappa shape index (κ3) is 4.46. The number of aryl methyl sites for hydroxylation is 3. The van der Waals surface area contributed by atoms with E-state index in [1.54, 1.807) is 42.5 Å². The largest absolute Gasteiger partial charge is 0.264 e. The molecule has 0 N–H and O–H groups in total. The molecule has 1 aliphatic heterocycles. The zero-order valence-electron chi connectivity index (χ0n) is 17.0. The monoisotopic (exact) mass is 461 g/mol. The summed E-state index contributed by atoms with van der Waals surface area (Å²) in [6.07, 6.45) is 1.94. The average molecular weight is 462 g/mol. The van der Waals surface area contributed by atoms with Crippen molar-refractivity contribution in [1.29, 1.82) is 0 Å². The predicted molar refractivity (Wildman–Crippen MR) is 119 cm³/mol. The molecule has 1 aliphatic rings. The second-order valence-electron chi connectivity index (χ2n) is 7.85. The molecular formula is C24H22ClF2NO2S. The highest BCUT2D eigenvalue weighted by Gasteiger charge is 2.36. The van der Waals surface area contributed by atoms with Crippen molar-refractivity contribution in [2.75, 3.05) is 4.31 Å². The Hall–Kier alpha value is -2.44. The Balaban J connectivity index is 1.72. The van der Waals surface area contributed by atoms with Gasteiger partial charge in [-0.1, -0.05) is 41.4 Å². The molecule has 0 saturated carbocycles. The highest BCUT2D eigenvalue weighted by molar-refractivity contribution is 7.92. The molecule has 0 spiro atoms. The topological polar surface area (TPSA) is 37.4 Å². The molecule has 1 heterocycles. The van der Waals surface area contributed by atoms with Crippen LogP contribution < -0.4 is 4.31 Å². The van der Waals surface area contributed by atoms with Crippen LogP contribution in [0.5, 0.6) is 0 Å². The van der Waals surface area contributed by atoms with E-state index in [1.807, 2.05) is 6.92 Å². The number of hydrogen-bond acceptors (Lipinski definition) is 2. The molecule has 0 aliphatic carbocycles. The Morgan fingerprint density at radius 3 is 2.48 bits per heavy atom. The van der Waals surface area contributed by atoms with Crippen molar-refractivity contribution in [1.82, 2.24) is 0 Å². The molecule has 162 valence electrons. The van der Waals surface area contributed by atoms with Crippen LogP contribution in [0.4, 0.5) is 14.5 Å². The van der Waals surface area contributed by atoms with Gasteiger partial charge in [-0.25, -0.2) is 17.2 Å². The zero-order valence-corrected chi connectivity index (χ0v) is 18.6. The van der Waals surface area contributed by atoms with Gasteiger partial charge in [0.25, 0.3) is 10.0 Å². The van der Waals surface area contributed by atoms with E-state index in [0.29, 0.717) is 42.0 Å². The van der Waals surface area contributed by atoms with E-state index in [2.05, 4.69) is 0 Å². The van der Waals surface area contributed by atoms with Gasteiger partial charge in [0.05, 0.1) is 10.6 Å². The Kier molecular flexibility index (Phi) is 6.04. The van der Waals surface area contributed by atoms with Crippen LogP contribution in [0.2, 0.25) is 5.02 Å². The zero-order chi connectivity index (χ0) is 22.2. The first-order chi connectivity index (χ1) is 14.8. The first kappa shape index (κ1) is 21.8. The SMILES string of the molecule is Cc1ccc(S(=O)(=O)N2c3cc(F)ccc3CC[C@@H]2CCc2ccc(Cl)cc2F)cc1. The lowest BCUT2D eigenvalue weighted by Crippen LogP contribution is -2.44. The summed E-state index contributed by atoms with van der Waals surface area (Å²) in [7, 11) is -3.93. The van der Waals surface area contributed by atoms with Crippen LogP contribution in [0.1, 0.15) is 29.5 Å². The third-order valence-electron chi connectivity index (χ3n) is 5.70. The van der Waals surface area contributed by atoms with Crippen molar-refractivity contribution < 1.29 is 17.2 Å². The van der Waals surface area contributed by atoms with Crippen molar-refractivity contribution >= 4 is 27.3 Å². The normalized spacial score (nSPS) is 16.3. The van der Waals surface area contributed by atoms with Gasteiger partial charge >= 0.3 is 0 Å². The van der Waals surface area contributed by atoms with E-state index in [4.69, 9.17) is 11.6 Å². The Morgan fingerprint density at radius 1 is 1.03 bits per heavy atom. The fourth-order valence-corrected chi connectivity index (χ4v) is 5.95. The fourth-order valence-electron chi connectivity index (χ4n) is 4.05. The van der Waals surface area contributed by atoms with Crippen molar-refractivity contribution in [2.45, 2.75) is 43.5 Å². The Labute approximate surface area is 186 Å². The molecule has 3 aromatic rings. The molecule has 1 atom stereocenters. The Bertz CT molecular complexity index is 1210. The number of sulfonamides is 1. The van der Waals surface area contributed by atoms with Gasteiger partial charge in [0, 0.05) is 11.1 Å². The molecule has 4 rings (SSSR count). The summed E-state index contributed by atoms with van der Waals surface area (Å²) >= 11 is 5.84. The molecule has 0 saturated heterocycles. The third-order valence-corrected chi connectivity index (χ3v) is 7.82. The molecule has 0 radical (unpaired) electrons. The fraction of sp³-hybridized carbons (Fsp3) is 0.250. The summed E-state index contributed by atoms with van der Waals surface area (Å²) < 4.78 is 56.9. The lowest BCUT2D eigenvalue weighted by Gasteiger charge is -2.38. The van der Waals surface area contributed by atoms with Crippen molar-refractivity contribution in [3.63, 3.8) is 0 Å². The summed E-state index contributed by atoms with van der Waals surface area (Å²) in [5.74, 6) is -0.907. The van der Waals surface area contributed by atoms with Crippen LogP contribution in [0.25, 0.3) is 0 Å². The van der Waals surface area contributed by atoms with Gasteiger partial charge in [0.15, 0.2) is 0 Å². The van der Waals surface area contributed by atoms with Crippen molar-refractivity contribution in [2.24, 2.45) is 0 Å². The van der Waals surface area contributed by atoms with Crippen molar-refractivity contribution in [3.8, 4) is 0 Å². The maximum atomic E-state index is 14.3. The highest BCUT2D eigenvalue weighted by atomic mass is 35.5. The maximum Gasteiger partial charge on any atom is 0.264 e. The first-order valence-corrected chi connectivity index (χ1v) is 11.9. The lowest BCUT2D eigenvalue weighted by atomic mass is 9.94. The Morgan fingerprint density at radius 2 is 1.77 bits per heavy atom. The average Bonchev–Trinajstić information content (AvgIpc) is 2.72. The number of rotatable bonds is 5. The van der Waals surface area contributed by atoms with E-state index in [0.717, 1.165) is 11.1 Å². The number of nitrogens with zero attached hydrogens (tertiary/aromatic N) is 1. The number of anilines is 1. The quantitative estimate of drug-likeness (QED) is 0.462. The van der Waals surface area contributed by atoms with Gasteiger partial charge in [-0.3, -0.25) is 4.31 Å². The number of hydrogen-bond donors (Lipinski definition) is 0. The van der Waals surface area contributed by atoms with Crippen LogP contribution in [0.3, 0.4) is 0 Å². The molecule has 7 heteroatoms. The number of fused-ring (bicyclic) bond motifs is 1. The second kappa shape index (κ2) is 8.60. The van der Waals surface area contributed by atoms with E-state index in [-0.39, 0.29) is 4.90 Å². The predicted octanol–water partition coefficient (Wildman–Crippen LogP) is 6.07. The minimum absolute atomic E-state index is 0.151. The highest BCUT2D eigenvalue weighted by Crippen LogP contribution is 2.37. The molecular weight excluding hydrogens is 440 g/mol. The first-order valence-electron chi connectivity index (χ1n) is 10.1. The molecule has 0 unspecified atom stereocenters. The van der Waals surface area contributed by atoms with Crippen molar-refractivity contribution in [3.05, 3.63) is 94.0 Å². The summed E-state index contributed by atoms with van der Waals surface area (Å²) in [5, 5.41) is 0.312. The maximum absolute atomic E-state index is 14.3. The van der Waals surface area contributed by atoms with E-state index < -0.39 is 27.7 Å². The molecule has 0 aromatic heterocycles. The van der Waals surface area contributed by atoms with Gasteiger partial charge < -0.3 is 0 Å². The van der Waals surface area contributed by atoms with Gasteiger partial charge in [0.1, 0.15) is 11.6 Å². The van der Waals surface area contributed by atoms with Gasteiger partial charge in [-0.2, -0.15) is 0 Å². The smallest absolute Gasteiger partial charge is 0.263 e. The molecule has 0 amide bonds. The molecule has 0 bridgehead atoms. The molecule has 3 nitrogen and oxygen atoms in total. The number of halogens is 3. The van der Waals surface area contributed by atoms with Gasteiger partial charge in [-0.15, -0.1) is 0 Å². The summed E-state index contributed by atoms with van der Waals surface area (Å²) in [6, 6.07) is 14.9. The minimum atomic E-state index is -3.93. The van der Waals surface area contributed by atoms with Crippen LogP contribution in [0.15, 0.2) is 65.6 Å². The van der Waals surface area contributed by atoms with Gasteiger partial charge in [-0.05, 0) is 80.1 Å². The van der Waals surface area contributed by atoms with Gasteiger partial charge in [0.2, 0.25) is 0 Å².